The molecule has 3 fully saturated rings. The third-order valence-electron chi connectivity index (χ3n) is 6.90. The van der Waals surface area contributed by atoms with Crippen LogP contribution >= 0.6 is 7.82 Å². The van der Waals surface area contributed by atoms with Crippen LogP contribution in [-0.2, 0) is 32.6 Å². The summed E-state index contributed by atoms with van der Waals surface area (Å²) in [7, 11) is -4.93. The van der Waals surface area contributed by atoms with Crippen LogP contribution in [0.25, 0.3) is 22.3 Å². The minimum absolute atomic E-state index is 0.0695. The fourth-order valence-corrected chi connectivity index (χ4v) is 5.94. The summed E-state index contributed by atoms with van der Waals surface area (Å²) < 4.78 is 64.9. The van der Waals surface area contributed by atoms with E-state index in [9.17, 15) is 14.3 Å². The zero-order valence-electron chi connectivity index (χ0n) is 20.7. The van der Waals surface area contributed by atoms with Gasteiger partial charge < -0.3 is 35.3 Å². The Morgan fingerprint density at radius 1 is 1.05 bits per heavy atom. The number of halogens is 1. The molecule has 3 aliphatic heterocycles. The second kappa shape index (κ2) is 9.74. The predicted molar refractivity (Wildman–Crippen MR) is 131 cm³/mol. The molecule has 0 aromatic carbocycles. The van der Waals surface area contributed by atoms with Crippen LogP contribution < -0.4 is 17.0 Å². The van der Waals surface area contributed by atoms with Gasteiger partial charge in [0.05, 0.1) is 25.4 Å². The summed E-state index contributed by atoms with van der Waals surface area (Å²) in [6, 6.07) is 0. The van der Waals surface area contributed by atoms with Gasteiger partial charge in [-0.3, -0.25) is 28.0 Å². The summed E-state index contributed by atoms with van der Waals surface area (Å²) in [4.78, 5) is 45.4. The van der Waals surface area contributed by atoms with E-state index in [0.29, 0.717) is 11.2 Å². The Labute approximate surface area is 227 Å². The maximum absolute atomic E-state index is 15.5. The molecule has 3 saturated heterocycles. The van der Waals surface area contributed by atoms with Gasteiger partial charge in [0, 0.05) is 6.42 Å². The first-order chi connectivity index (χ1) is 19.7. The Hall–Kier alpha value is -3.62. The highest BCUT2D eigenvalue weighted by molar-refractivity contribution is 7.47. The summed E-state index contributed by atoms with van der Waals surface area (Å²) in [5.74, 6) is -0.0438. The van der Waals surface area contributed by atoms with Gasteiger partial charge in [-0.25, -0.2) is 28.9 Å². The van der Waals surface area contributed by atoms with E-state index < -0.39 is 70.0 Å². The van der Waals surface area contributed by atoms with Gasteiger partial charge in [0.2, 0.25) is 5.95 Å². The first-order valence-corrected chi connectivity index (χ1v) is 13.7. The number of H-pyrrole nitrogens is 1. The van der Waals surface area contributed by atoms with Crippen LogP contribution in [-0.4, -0.2) is 88.1 Å². The van der Waals surface area contributed by atoms with Crippen molar-refractivity contribution in [2.24, 2.45) is 0 Å². The zero-order chi connectivity index (χ0) is 28.5. The maximum atomic E-state index is 15.5. The molecule has 6 N–H and O–H groups in total. The van der Waals surface area contributed by atoms with Gasteiger partial charge in [0.15, 0.2) is 54.2 Å². The highest BCUT2D eigenvalue weighted by atomic mass is 31.2. The summed E-state index contributed by atoms with van der Waals surface area (Å²) in [5.41, 5.74) is 11.5. The Morgan fingerprint density at radius 3 is 2.71 bits per heavy atom. The molecule has 6 unspecified atom stereocenters. The topological polar surface area (TPSA) is 252 Å². The molecule has 7 heterocycles. The SMILES string of the molecule is Nc1nc2c(ncn2C2OC3OCO[C@@H]4C[C@H](n5cnc6c(N)ncnc65)OC4COP(=O)(O)OC2C3F)c(=O)[nH]1. The fourth-order valence-electron chi connectivity index (χ4n) is 5.02. The molecule has 218 valence electrons. The van der Waals surface area contributed by atoms with Gasteiger partial charge in [-0.15, -0.1) is 0 Å². The van der Waals surface area contributed by atoms with E-state index in [-0.39, 0.29) is 29.4 Å². The minimum Gasteiger partial charge on any atom is -0.382 e. The third kappa shape index (κ3) is 4.53. The quantitative estimate of drug-likeness (QED) is 0.212. The van der Waals surface area contributed by atoms with Gasteiger partial charge in [0.1, 0.15) is 24.2 Å². The summed E-state index contributed by atoms with van der Waals surface area (Å²) >= 11 is 0. The normalized spacial score (nSPS) is 34.4. The lowest BCUT2D eigenvalue weighted by molar-refractivity contribution is -0.223. The average molecular weight is 596 g/mol. The molecule has 21 heteroatoms. The van der Waals surface area contributed by atoms with E-state index in [1.54, 1.807) is 4.57 Å². The lowest BCUT2D eigenvalue weighted by Crippen LogP contribution is -2.35. The van der Waals surface area contributed by atoms with Gasteiger partial charge in [-0.05, 0) is 0 Å². The van der Waals surface area contributed by atoms with Crippen molar-refractivity contribution in [3.05, 3.63) is 29.3 Å². The lowest BCUT2D eigenvalue weighted by Gasteiger charge is -2.25. The van der Waals surface area contributed by atoms with Gasteiger partial charge in [-0.1, -0.05) is 0 Å². The molecule has 4 aromatic rings. The maximum Gasteiger partial charge on any atom is 0.472 e. The smallest absolute Gasteiger partial charge is 0.382 e. The van der Waals surface area contributed by atoms with Crippen LogP contribution in [0.1, 0.15) is 18.9 Å². The van der Waals surface area contributed by atoms with Crippen molar-refractivity contribution in [1.29, 1.82) is 0 Å². The molecule has 4 aromatic heterocycles. The zero-order valence-corrected chi connectivity index (χ0v) is 21.6. The number of nitrogen functional groups attached to an aromatic ring is 2. The van der Waals surface area contributed by atoms with Crippen molar-refractivity contribution in [3.8, 4) is 0 Å². The number of aromatic amines is 1. The van der Waals surface area contributed by atoms with Crippen LogP contribution in [0.5, 0.6) is 0 Å². The van der Waals surface area contributed by atoms with E-state index in [0.717, 1.165) is 10.9 Å². The van der Waals surface area contributed by atoms with E-state index in [1.807, 2.05) is 0 Å². The highest BCUT2D eigenvalue weighted by Gasteiger charge is 2.52. The van der Waals surface area contributed by atoms with Crippen LogP contribution in [0.4, 0.5) is 16.2 Å². The Kier molecular flexibility index (Phi) is 6.24. The summed E-state index contributed by atoms with van der Waals surface area (Å²) in [6.07, 6.45) is -5.01. The molecule has 19 nitrogen and oxygen atoms in total. The number of fused-ring (bicyclic) bond motifs is 5. The number of ether oxygens (including phenoxy) is 4. The minimum atomic E-state index is -4.93. The number of nitrogens with one attached hydrogen (secondary N) is 1. The average Bonchev–Trinajstić information content (AvgIpc) is 3.69. The Morgan fingerprint density at radius 2 is 1.85 bits per heavy atom. The fraction of sp³-hybridized carbons (Fsp3) is 0.500. The molecule has 0 spiro atoms. The highest BCUT2D eigenvalue weighted by Crippen LogP contribution is 2.51. The lowest BCUT2D eigenvalue weighted by atomic mass is 10.2. The molecule has 2 bridgehead atoms. The van der Waals surface area contributed by atoms with Gasteiger partial charge in [0.25, 0.3) is 5.56 Å². The predicted octanol–water partition coefficient (Wildman–Crippen LogP) is -0.520. The number of hydrogen-bond acceptors (Lipinski definition) is 15. The van der Waals surface area contributed by atoms with Crippen LogP contribution in [0.15, 0.2) is 23.8 Å². The van der Waals surface area contributed by atoms with Crippen LogP contribution in [0.3, 0.4) is 0 Å². The molecule has 0 radical (unpaired) electrons. The van der Waals surface area contributed by atoms with Crippen molar-refractivity contribution in [2.75, 3.05) is 24.9 Å². The van der Waals surface area contributed by atoms with E-state index in [1.165, 1.54) is 12.7 Å². The van der Waals surface area contributed by atoms with Crippen molar-refractivity contribution in [3.63, 3.8) is 0 Å². The molecule has 41 heavy (non-hydrogen) atoms. The summed E-state index contributed by atoms with van der Waals surface area (Å²) in [6.45, 7) is -0.896. The number of phosphoric ester groups is 1. The first-order valence-electron chi connectivity index (χ1n) is 12.2. The number of nitrogens with two attached hydrogens (primary N) is 2. The standard InChI is InChI=1S/C20H22FN10O9P/c21-10-13-18(31-5-27-12-16(31)28-20(23)29-17(12)32)39-19(10)36-6-35-7-1-9(38-8(7)2-37-41(33,34)40-13)30-4-26-11-14(22)24-3-25-15(11)30/h3-5,7-10,13,18-19H,1-2,6H2,(H,33,34)(H2,22,24,25)(H3,23,28,29,32)/t7-,8?,9-,10?,13?,18?,19?/m1/s1. The number of aromatic nitrogens is 8. The first kappa shape index (κ1) is 26.3. The molecule has 0 amide bonds. The number of anilines is 2. The number of rotatable bonds is 2. The molecule has 8 atom stereocenters. The van der Waals surface area contributed by atoms with Crippen molar-refractivity contribution < 1.29 is 41.8 Å². The van der Waals surface area contributed by atoms with Crippen molar-refractivity contribution >= 4 is 41.9 Å². The molecular weight excluding hydrogens is 574 g/mol. The van der Waals surface area contributed by atoms with Crippen LogP contribution in [0.2, 0.25) is 0 Å². The molecule has 3 aliphatic rings. The van der Waals surface area contributed by atoms with Crippen molar-refractivity contribution in [1.82, 2.24) is 39.0 Å². The van der Waals surface area contributed by atoms with E-state index in [2.05, 4.69) is 29.9 Å². The van der Waals surface area contributed by atoms with E-state index in [4.69, 9.17) is 39.5 Å². The van der Waals surface area contributed by atoms with Crippen LogP contribution in [0, 0.1) is 0 Å². The molecular formula is C20H22FN10O9P. The number of hydrogen-bond donors (Lipinski definition) is 4. The monoisotopic (exact) mass is 596 g/mol. The van der Waals surface area contributed by atoms with Crippen molar-refractivity contribution in [2.45, 2.75) is 49.7 Å². The number of nitrogens with zero attached hydrogens (tertiary/aromatic N) is 7. The van der Waals surface area contributed by atoms with E-state index >= 15 is 4.39 Å². The number of phosphoric acid groups is 1. The number of imidazole rings is 2. The summed E-state index contributed by atoms with van der Waals surface area (Å²) in [5, 5.41) is 0. The molecule has 0 aliphatic carbocycles. The molecule has 7 rings (SSSR count). The van der Waals surface area contributed by atoms with Gasteiger partial charge in [-0.2, -0.15) is 4.98 Å². The third-order valence-corrected chi connectivity index (χ3v) is 7.89. The van der Waals surface area contributed by atoms with Gasteiger partial charge >= 0.3 is 7.82 Å². The second-order valence-electron chi connectivity index (χ2n) is 9.39. The number of alkyl halides is 1. The molecule has 0 saturated carbocycles. The second-order valence-corrected chi connectivity index (χ2v) is 10.8. The Balaban J connectivity index is 1.15. The largest absolute Gasteiger partial charge is 0.472 e. The Bertz CT molecular complexity index is 1730.